The minimum absolute atomic E-state index is 0.0295. The highest BCUT2D eigenvalue weighted by Crippen LogP contribution is 2.39. The third kappa shape index (κ3) is 4.06. The number of hydrogen-bond donors (Lipinski definition) is 1. The van der Waals surface area contributed by atoms with E-state index in [1.165, 1.54) is 57.4 Å². The van der Waals surface area contributed by atoms with E-state index in [1.54, 1.807) is 11.4 Å². The SMILES string of the molecule is CCOc1ccc2nc(NC=C3C(=O)c4sccc4N(Cc4ccc(F)cc4)S3(=O)=O)sc2c1. The first-order valence-corrected chi connectivity index (χ1v) is 13.4. The molecule has 2 aromatic carbocycles. The van der Waals surface area contributed by atoms with Gasteiger partial charge in [0.2, 0.25) is 5.78 Å². The summed E-state index contributed by atoms with van der Waals surface area (Å²) in [7, 11) is -4.17. The van der Waals surface area contributed by atoms with Crippen molar-refractivity contribution >= 4 is 59.5 Å². The fraction of sp³-hybridized carbons (Fsp3) is 0.130. The second kappa shape index (κ2) is 8.82. The number of thiazole rings is 1. The summed E-state index contributed by atoms with van der Waals surface area (Å²) >= 11 is 2.50. The molecule has 0 saturated heterocycles. The highest BCUT2D eigenvalue weighted by atomic mass is 32.2. The number of allylic oxidation sites excluding steroid dienone is 1. The molecule has 0 unspecified atom stereocenters. The molecule has 5 rings (SSSR count). The monoisotopic (exact) mass is 515 g/mol. The molecule has 2 aromatic heterocycles. The second-order valence-electron chi connectivity index (χ2n) is 7.34. The summed E-state index contributed by atoms with van der Waals surface area (Å²) in [5.41, 5.74) is 1.64. The zero-order valence-corrected chi connectivity index (χ0v) is 20.3. The zero-order chi connectivity index (χ0) is 23.9. The predicted molar refractivity (Wildman–Crippen MR) is 133 cm³/mol. The van der Waals surface area contributed by atoms with Crippen molar-refractivity contribution in [2.45, 2.75) is 13.5 Å². The second-order valence-corrected chi connectivity index (χ2v) is 11.1. The Hall–Kier alpha value is -3.28. The molecular weight excluding hydrogens is 497 g/mol. The van der Waals surface area contributed by atoms with Gasteiger partial charge in [-0.05, 0) is 54.3 Å². The molecule has 3 heterocycles. The van der Waals surface area contributed by atoms with Gasteiger partial charge in [0, 0.05) is 6.20 Å². The Morgan fingerprint density at radius 2 is 1.97 bits per heavy atom. The fourth-order valence-corrected chi connectivity index (χ4v) is 6.91. The van der Waals surface area contributed by atoms with E-state index < -0.39 is 21.6 Å². The number of Topliss-reactive ketones (excluding diaryl/α,β-unsaturated/α-hetero) is 1. The summed E-state index contributed by atoms with van der Waals surface area (Å²) in [5.74, 6) is -0.270. The van der Waals surface area contributed by atoms with Crippen LogP contribution in [0, 0.1) is 5.82 Å². The maximum absolute atomic E-state index is 13.5. The van der Waals surface area contributed by atoms with Crippen molar-refractivity contribution < 1.29 is 22.3 Å². The molecule has 0 bridgehead atoms. The van der Waals surface area contributed by atoms with Gasteiger partial charge in [-0.2, -0.15) is 0 Å². The first kappa shape index (κ1) is 22.5. The van der Waals surface area contributed by atoms with Crippen LogP contribution >= 0.6 is 22.7 Å². The number of nitrogens with one attached hydrogen (secondary N) is 1. The lowest BCUT2D eigenvalue weighted by atomic mass is 10.2. The van der Waals surface area contributed by atoms with Crippen molar-refractivity contribution in [3.8, 4) is 5.75 Å². The number of fused-ring (bicyclic) bond motifs is 2. The topological polar surface area (TPSA) is 88.6 Å². The molecule has 1 aliphatic heterocycles. The van der Waals surface area contributed by atoms with Crippen LogP contribution in [0.5, 0.6) is 5.75 Å². The van der Waals surface area contributed by atoms with E-state index in [2.05, 4.69) is 10.3 Å². The summed E-state index contributed by atoms with van der Waals surface area (Å²) in [6, 6.07) is 12.7. The molecule has 34 heavy (non-hydrogen) atoms. The van der Waals surface area contributed by atoms with E-state index in [9.17, 15) is 17.6 Å². The molecule has 1 N–H and O–H groups in total. The highest BCUT2D eigenvalue weighted by Gasteiger charge is 2.41. The van der Waals surface area contributed by atoms with Crippen LogP contribution in [0.4, 0.5) is 15.2 Å². The molecule has 1 aliphatic rings. The van der Waals surface area contributed by atoms with Crippen molar-refractivity contribution in [1.82, 2.24) is 4.98 Å². The lowest BCUT2D eigenvalue weighted by Crippen LogP contribution is -2.38. The molecule has 0 saturated carbocycles. The smallest absolute Gasteiger partial charge is 0.270 e. The van der Waals surface area contributed by atoms with Crippen molar-refractivity contribution in [3.63, 3.8) is 0 Å². The number of ether oxygens (including phenoxy) is 1. The van der Waals surface area contributed by atoms with Gasteiger partial charge in [0.15, 0.2) is 10.0 Å². The zero-order valence-electron chi connectivity index (χ0n) is 17.8. The highest BCUT2D eigenvalue weighted by molar-refractivity contribution is 7.97. The van der Waals surface area contributed by atoms with E-state index >= 15 is 0 Å². The van der Waals surface area contributed by atoms with Crippen molar-refractivity contribution in [1.29, 1.82) is 0 Å². The van der Waals surface area contributed by atoms with Crippen LogP contribution in [0.25, 0.3) is 10.2 Å². The molecule has 11 heteroatoms. The minimum atomic E-state index is -4.17. The quantitative estimate of drug-likeness (QED) is 0.347. The molecule has 174 valence electrons. The first-order valence-electron chi connectivity index (χ1n) is 10.3. The van der Waals surface area contributed by atoms with Crippen LogP contribution in [-0.4, -0.2) is 25.8 Å². The lowest BCUT2D eigenvalue weighted by Gasteiger charge is -2.29. The summed E-state index contributed by atoms with van der Waals surface area (Å²) in [6.45, 7) is 2.41. The lowest BCUT2D eigenvalue weighted by molar-refractivity contribution is 0.104. The molecular formula is C23H18FN3O4S3. The van der Waals surface area contributed by atoms with Gasteiger partial charge in [-0.15, -0.1) is 11.3 Å². The van der Waals surface area contributed by atoms with Gasteiger partial charge in [0.1, 0.15) is 16.4 Å². The number of ketones is 1. The van der Waals surface area contributed by atoms with Gasteiger partial charge >= 0.3 is 0 Å². The molecule has 0 spiro atoms. The number of benzene rings is 2. The summed E-state index contributed by atoms with van der Waals surface area (Å²) in [6.07, 6.45) is 1.19. The number of halogens is 1. The van der Waals surface area contributed by atoms with Gasteiger partial charge in [-0.3, -0.25) is 9.10 Å². The Bertz CT molecular complexity index is 1520. The molecule has 0 amide bonds. The van der Waals surface area contributed by atoms with Crippen molar-refractivity contribution in [2.24, 2.45) is 0 Å². The van der Waals surface area contributed by atoms with E-state index in [4.69, 9.17) is 4.74 Å². The van der Waals surface area contributed by atoms with E-state index in [0.29, 0.717) is 27.9 Å². The van der Waals surface area contributed by atoms with Crippen molar-refractivity contribution in [2.75, 3.05) is 16.2 Å². The number of aromatic nitrogens is 1. The van der Waals surface area contributed by atoms with E-state index in [-0.39, 0.29) is 11.4 Å². The number of nitrogens with zero attached hydrogens (tertiary/aromatic N) is 2. The van der Waals surface area contributed by atoms with Gasteiger partial charge in [-0.1, -0.05) is 23.5 Å². The third-order valence-electron chi connectivity index (χ3n) is 5.15. The van der Waals surface area contributed by atoms with Gasteiger partial charge < -0.3 is 10.1 Å². The number of anilines is 2. The summed E-state index contributed by atoms with van der Waals surface area (Å²) < 4.78 is 47.8. The number of carbonyl (C=O) groups is 1. The number of carbonyl (C=O) groups excluding carboxylic acids is 1. The largest absolute Gasteiger partial charge is 0.494 e. The van der Waals surface area contributed by atoms with Gasteiger partial charge in [0.25, 0.3) is 10.0 Å². The summed E-state index contributed by atoms with van der Waals surface area (Å²) in [4.78, 5) is 17.5. The molecule has 7 nitrogen and oxygen atoms in total. The van der Waals surface area contributed by atoms with Crippen LogP contribution in [-0.2, 0) is 16.6 Å². The van der Waals surface area contributed by atoms with E-state index in [0.717, 1.165) is 16.0 Å². The van der Waals surface area contributed by atoms with Crippen LogP contribution < -0.4 is 14.4 Å². The first-order chi connectivity index (χ1) is 16.4. The summed E-state index contributed by atoms with van der Waals surface area (Å²) in [5, 5.41) is 5.01. The fourth-order valence-electron chi connectivity index (χ4n) is 3.56. The van der Waals surface area contributed by atoms with Crippen LogP contribution in [0.3, 0.4) is 0 Å². The Balaban J connectivity index is 1.49. The van der Waals surface area contributed by atoms with Gasteiger partial charge in [0.05, 0.1) is 29.1 Å². The molecule has 0 fully saturated rings. The Morgan fingerprint density at radius 3 is 2.74 bits per heavy atom. The maximum atomic E-state index is 13.5. The third-order valence-corrected chi connectivity index (χ3v) is 8.77. The van der Waals surface area contributed by atoms with E-state index in [1.807, 2.05) is 25.1 Å². The van der Waals surface area contributed by atoms with Crippen LogP contribution in [0.2, 0.25) is 0 Å². The standard InChI is InChI=1S/C23H18FN3O4S3/c1-2-31-16-7-8-17-19(11-16)33-23(26-17)25-12-20-21(28)22-18(9-10-32-22)27(34(20,29)30)13-14-3-5-15(24)6-4-14/h3-12H,2,13H2,1H3,(H,25,26). The number of rotatable bonds is 6. The van der Waals surface area contributed by atoms with Crippen LogP contribution in [0.15, 0.2) is 65.0 Å². The number of hydrogen-bond acceptors (Lipinski definition) is 8. The van der Waals surface area contributed by atoms with Crippen molar-refractivity contribution in [3.05, 3.63) is 81.3 Å². The number of thiophene rings is 1. The molecule has 0 aliphatic carbocycles. The molecule has 0 atom stereocenters. The van der Waals surface area contributed by atoms with Crippen LogP contribution in [0.1, 0.15) is 22.2 Å². The molecule has 4 aromatic rings. The predicted octanol–water partition coefficient (Wildman–Crippen LogP) is 5.38. The minimum Gasteiger partial charge on any atom is -0.494 e. The maximum Gasteiger partial charge on any atom is 0.270 e. The molecule has 0 radical (unpaired) electrons. The number of sulfonamides is 1. The van der Waals surface area contributed by atoms with Gasteiger partial charge in [-0.25, -0.2) is 17.8 Å². The Morgan fingerprint density at radius 1 is 1.18 bits per heavy atom. The normalized spacial score (nSPS) is 16.1. The average Bonchev–Trinajstić information content (AvgIpc) is 3.44. The average molecular weight is 516 g/mol. The Kier molecular flexibility index (Phi) is 5.84. The Labute approximate surface area is 203 Å².